The van der Waals surface area contributed by atoms with E-state index in [1.54, 1.807) is 0 Å². The molecule has 10 nitrogen and oxygen atoms in total. The van der Waals surface area contributed by atoms with Gasteiger partial charge in [0.1, 0.15) is 6.33 Å². The van der Waals surface area contributed by atoms with Gasteiger partial charge in [-0.25, -0.2) is 14.5 Å². The van der Waals surface area contributed by atoms with E-state index in [0.717, 1.165) is 28.7 Å². The van der Waals surface area contributed by atoms with Crippen LogP contribution in [-0.2, 0) is 0 Å². The minimum absolute atomic E-state index is 0.216. The second-order valence-electron chi connectivity index (χ2n) is 5.19. The fourth-order valence-corrected chi connectivity index (χ4v) is 3.28. The largest absolute Gasteiger partial charge is 0.290 e. The van der Waals surface area contributed by atoms with E-state index in [0.29, 0.717) is 5.65 Å². The summed E-state index contributed by atoms with van der Waals surface area (Å²) >= 11 is 0.962. The van der Waals surface area contributed by atoms with Crippen LogP contribution < -0.4 is 0 Å². The lowest BCUT2D eigenvalue weighted by atomic mass is 10.2. The topological polar surface area (TPSA) is 129 Å². The van der Waals surface area contributed by atoms with Gasteiger partial charge in [-0.1, -0.05) is 12.1 Å². The normalized spacial score (nSPS) is 11.1. The molecule has 26 heavy (non-hydrogen) atoms. The Bertz CT molecular complexity index is 1190. The summed E-state index contributed by atoms with van der Waals surface area (Å²) in [6.07, 6.45) is 1.51. The molecular weight excluding hydrogens is 360 g/mol. The first-order chi connectivity index (χ1) is 12.5. The van der Waals surface area contributed by atoms with E-state index in [1.807, 2.05) is 24.3 Å². The summed E-state index contributed by atoms with van der Waals surface area (Å²) in [6, 6.07) is 10.9. The molecule has 0 saturated heterocycles. The van der Waals surface area contributed by atoms with Crippen LogP contribution in [0.1, 0.15) is 0 Å². The van der Waals surface area contributed by atoms with Gasteiger partial charge in [-0.2, -0.15) is 0 Å². The minimum atomic E-state index is -0.678. The zero-order valence-electron chi connectivity index (χ0n) is 12.8. The quantitative estimate of drug-likeness (QED) is 0.396. The molecule has 0 aliphatic carbocycles. The van der Waals surface area contributed by atoms with E-state index < -0.39 is 9.85 Å². The standard InChI is InChI=1S/C15H8N6O4S/c22-20(23)9-5-6-13(12(7-9)21(24)25)26-15-17-14-10-3-1-2-4-11(10)16-8-19(14)18-15/h1-8H. The molecule has 0 atom stereocenters. The number of para-hydroxylation sites is 1. The summed E-state index contributed by atoms with van der Waals surface area (Å²) in [5.74, 6) is 0. The average molecular weight is 368 g/mol. The van der Waals surface area contributed by atoms with Crippen LogP contribution in [0.25, 0.3) is 16.6 Å². The molecule has 11 heteroatoms. The number of benzene rings is 2. The highest BCUT2D eigenvalue weighted by Crippen LogP contribution is 2.36. The Kier molecular flexibility index (Phi) is 3.69. The number of hydrogen-bond acceptors (Lipinski definition) is 8. The summed E-state index contributed by atoms with van der Waals surface area (Å²) in [5.41, 5.74) is 0.609. The average Bonchev–Trinajstić information content (AvgIpc) is 3.04. The fourth-order valence-electron chi connectivity index (χ4n) is 2.45. The minimum Gasteiger partial charge on any atom is -0.258 e. The molecule has 0 N–H and O–H groups in total. The summed E-state index contributed by atoms with van der Waals surface area (Å²) in [7, 11) is 0. The SMILES string of the molecule is O=[N+]([O-])c1ccc(Sc2nc3c4ccccc4ncn3n2)c([N+](=O)[O-])c1. The smallest absolute Gasteiger partial charge is 0.258 e. The number of non-ortho nitro benzene ring substituents is 1. The molecule has 2 aromatic carbocycles. The molecule has 0 bridgehead atoms. The molecule has 0 fully saturated rings. The van der Waals surface area contributed by atoms with E-state index in [-0.39, 0.29) is 21.4 Å². The Morgan fingerprint density at radius 3 is 2.62 bits per heavy atom. The van der Waals surface area contributed by atoms with Gasteiger partial charge in [-0.05, 0) is 30.0 Å². The molecule has 2 heterocycles. The molecule has 0 aliphatic rings. The summed E-state index contributed by atoms with van der Waals surface area (Å²) in [6.45, 7) is 0. The first-order valence-electron chi connectivity index (χ1n) is 7.24. The molecule has 0 amide bonds. The van der Waals surface area contributed by atoms with E-state index in [2.05, 4.69) is 15.1 Å². The monoisotopic (exact) mass is 368 g/mol. The molecule has 0 saturated carbocycles. The zero-order chi connectivity index (χ0) is 18.3. The Morgan fingerprint density at radius 2 is 1.85 bits per heavy atom. The van der Waals surface area contributed by atoms with Gasteiger partial charge in [0.15, 0.2) is 5.65 Å². The number of nitro benzene ring substituents is 2. The molecule has 2 aromatic heterocycles. The second-order valence-corrected chi connectivity index (χ2v) is 6.20. The van der Waals surface area contributed by atoms with Crippen LogP contribution >= 0.6 is 11.8 Å². The van der Waals surface area contributed by atoms with Gasteiger partial charge in [-0.3, -0.25) is 20.2 Å². The summed E-state index contributed by atoms with van der Waals surface area (Å²) in [5, 5.41) is 27.4. The van der Waals surface area contributed by atoms with Gasteiger partial charge >= 0.3 is 0 Å². The molecule has 0 aliphatic heterocycles. The third kappa shape index (κ3) is 2.69. The Labute approximate surface area is 148 Å². The van der Waals surface area contributed by atoms with Gasteiger partial charge < -0.3 is 0 Å². The predicted molar refractivity (Wildman–Crippen MR) is 92.2 cm³/mol. The number of nitro groups is 2. The van der Waals surface area contributed by atoms with Crippen molar-refractivity contribution >= 4 is 39.7 Å². The predicted octanol–water partition coefficient (Wildman–Crippen LogP) is 3.25. The number of hydrogen-bond donors (Lipinski definition) is 0. The van der Waals surface area contributed by atoms with E-state index >= 15 is 0 Å². The second kappa shape index (κ2) is 6.04. The molecule has 0 radical (unpaired) electrons. The molecule has 4 rings (SSSR count). The maximum Gasteiger partial charge on any atom is 0.290 e. The van der Waals surface area contributed by atoms with Crippen molar-refractivity contribution in [1.82, 2.24) is 19.6 Å². The lowest BCUT2D eigenvalue weighted by Crippen LogP contribution is -1.94. The van der Waals surface area contributed by atoms with Crippen LogP contribution in [0.2, 0.25) is 0 Å². The maximum absolute atomic E-state index is 11.2. The number of rotatable bonds is 4. The van der Waals surface area contributed by atoms with Crippen LogP contribution in [0.15, 0.2) is 58.8 Å². The van der Waals surface area contributed by atoms with Gasteiger partial charge in [0.2, 0.25) is 5.16 Å². The molecular formula is C15H8N6O4S. The summed E-state index contributed by atoms with van der Waals surface area (Å²) in [4.78, 5) is 29.6. The van der Waals surface area contributed by atoms with Gasteiger partial charge in [0.05, 0.1) is 26.3 Å². The van der Waals surface area contributed by atoms with E-state index in [4.69, 9.17) is 0 Å². The van der Waals surface area contributed by atoms with E-state index in [9.17, 15) is 20.2 Å². The third-order valence-corrected chi connectivity index (χ3v) is 4.53. The number of fused-ring (bicyclic) bond motifs is 3. The van der Waals surface area contributed by atoms with Crippen LogP contribution in [-0.4, -0.2) is 29.4 Å². The van der Waals surface area contributed by atoms with Gasteiger partial charge in [-0.15, -0.1) is 5.10 Å². The van der Waals surface area contributed by atoms with Crippen LogP contribution in [0, 0.1) is 20.2 Å². The highest BCUT2D eigenvalue weighted by molar-refractivity contribution is 7.99. The highest BCUT2D eigenvalue weighted by atomic mass is 32.2. The first-order valence-corrected chi connectivity index (χ1v) is 8.05. The Morgan fingerprint density at radius 1 is 1.04 bits per heavy atom. The van der Waals surface area contributed by atoms with Gasteiger partial charge in [0.25, 0.3) is 11.4 Å². The van der Waals surface area contributed by atoms with Crippen molar-refractivity contribution in [2.24, 2.45) is 0 Å². The molecule has 128 valence electrons. The van der Waals surface area contributed by atoms with Crippen LogP contribution in [0.4, 0.5) is 11.4 Å². The third-order valence-electron chi connectivity index (χ3n) is 3.61. The van der Waals surface area contributed by atoms with Crippen molar-refractivity contribution in [2.75, 3.05) is 0 Å². The Hall–Kier alpha value is -3.60. The van der Waals surface area contributed by atoms with Crippen molar-refractivity contribution in [1.29, 1.82) is 0 Å². The lowest BCUT2D eigenvalue weighted by molar-refractivity contribution is -0.396. The van der Waals surface area contributed by atoms with Crippen molar-refractivity contribution in [3.63, 3.8) is 0 Å². The van der Waals surface area contributed by atoms with Crippen molar-refractivity contribution in [2.45, 2.75) is 10.1 Å². The molecule has 4 aromatic rings. The van der Waals surface area contributed by atoms with Crippen LogP contribution in [0.3, 0.4) is 0 Å². The number of nitrogens with zero attached hydrogens (tertiary/aromatic N) is 6. The van der Waals surface area contributed by atoms with Crippen molar-refractivity contribution < 1.29 is 9.85 Å². The van der Waals surface area contributed by atoms with Crippen LogP contribution in [0.5, 0.6) is 0 Å². The van der Waals surface area contributed by atoms with E-state index in [1.165, 1.54) is 23.0 Å². The first kappa shape index (κ1) is 15.9. The number of aromatic nitrogens is 4. The molecule has 0 unspecified atom stereocenters. The maximum atomic E-state index is 11.2. The summed E-state index contributed by atoms with van der Waals surface area (Å²) < 4.78 is 1.49. The van der Waals surface area contributed by atoms with Gasteiger partial charge in [0, 0.05) is 11.5 Å². The zero-order valence-corrected chi connectivity index (χ0v) is 13.7. The molecule has 0 spiro atoms. The van der Waals surface area contributed by atoms with Crippen molar-refractivity contribution in [3.05, 3.63) is 69.0 Å². The Balaban J connectivity index is 1.79. The highest BCUT2D eigenvalue weighted by Gasteiger charge is 2.21. The lowest BCUT2D eigenvalue weighted by Gasteiger charge is -1.99. The fraction of sp³-hybridized carbons (Fsp3) is 0. The van der Waals surface area contributed by atoms with Crippen molar-refractivity contribution in [3.8, 4) is 0 Å².